The summed E-state index contributed by atoms with van der Waals surface area (Å²) in [6, 6.07) is 3.44. The van der Waals surface area contributed by atoms with Gasteiger partial charge >= 0.3 is 0 Å². The minimum atomic E-state index is 0.0230. The van der Waals surface area contributed by atoms with E-state index in [1.165, 1.54) is 12.8 Å². The van der Waals surface area contributed by atoms with Crippen LogP contribution in [0.25, 0.3) is 0 Å². The van der Waals surface area contributed by atoms with E-state index in [4.69, 9.17) is 4.74 Å². The lowest BCUT2D eigenvalue weighted by molar-refractivity contribution is 0.305. The Morgan fingerprint density at radius 2 is 2.06 bits per heavy atom. The molecule has 1 heterocycles. The lowest BCUT2D eigenvalue weighted by atomic mass is 10.3. The highest BCUT2D eigenvalue weighted by Crippen LogP contribution is 2.07. The molecule has 0 unspecified atom stereocenters. The maximum Gasteiger partial charge on any atom is 0.254 e. The summed E-state index contributed by atoms with van der Waals surface area (Å²) in [6.07, 6.45) is 6.18. The standard InChI is InChI=1S/C13H21NO2/c1-3-5-6-10-16-12-7-9-14(8-4-2)13(15)11-12/h7,9,11H,3-6,8,10H2,1-2H3. The molecule has 0 saturated carbocycles. The van der Waals surface area contributed by atoms with Crippen molar-refractivity contribution >= 4 is 0 Å². The topological polar surface area (TPSA) is 31.2 Å². The Morgan fingerprint density at radius 1 is 1.25 bits per heavy atom. The van der Waals surface area contributed by atoms with Crippen LogP contribution in [-0.2, 0) is 6.54 Å². The minimum absolute atomic E-state index is 0.0230. The Labute approximate surface area is 97.1 Å². The van der Waals surface area contributed by atoms with E-state index in [1.54, 1.807) is 16.8 Å². The summed E-state index contributed by atoms with van der Waals surface area (Å²) in [5.41, 5.74) is 0.0230. The van der Waals surface area contributed by atoms with Crippen LogP contribution in [0.1, 0.15) is 39.5 Å². The Bertz CT molecular complexity index is 357. The van der Waals surface area contributed by atoms with Crippen LogP contribution < -0.4 is 10.3 Å². The highest BCUT2D eigenvalue weighted by molar-refractivity contribution is 5.17. The largest absolute Gasteiger partial charge is 0.493 e. The number of rotatable bonds is 7. The first-order chi connectivity index (χ1) is 7.77. The van der Waals surface area contributed by atoms with Crippen molar-refractivity contribution in [3.63, 3.8) is 0 Å². The van der Waals surface area contributed by atoms with Gasteiger partial charge in [-0.2, -0.15) is 0 Å². The second-order valence-corrected chi connectivity index (χ2v) is 3.95. The van der Waals surface area contributed by atoms with Gasteiger partial charge in [-0.1, -0.05) is 26.7 Å². The third-order valence-corrected chi connectivity index (χ3v) is 2.45. The molecular formula is C13H21NO2. The summed E-state index contributed by atoms with van der Waals surface area (Å²) in [5, 5.41) is 0. The van der Waals surface area contributed by atoms with Crippen LogP contribution in [0.3, 0.4) is 0 Å². The smallest absolute Gasteiger partial charge is 0.254 e. The normalized spacial score (nSPS) is 10.4. The summed E-state index contributed by atoms with van der Waals surface area (Å²) in [7, 11) is 0. The number of aryl methyl sites for hydroxylation is 1. The van der Waals surface area contributed by atoms with Crippen molar-refractivity contribution in [3.05, 3.63) is 28.7 Å². The van der Waals surface area contributed by atoms with E-state index >= 15 is 0 Å². The molecule has 3 heteroatoms. The van der Waals surface area contributed by atoms with Crippen molar-refractivity contribution in [2.75, 3.05) is 6.61 Å². The molecule has 0 aliphatic rings. The first-order valence-electron chi connectivity index (χ1n) is 6.11. The highest BCUT2D eigenvalue weighted by Gasteiger charge is 1.98. The van der Waals surface area contributed by atoms with Gasteiger partial charge in [-0.25, -0.2) is 0 Å². The quantitative estimate of drug-likeness (QED) is 0.666. The molecule has 0 saturated heterocycles. The number of hydrogen-bond donors (Lipinski definition) is 0. The van der Waals surface area contributed by atoms with Gasteiger partial charge in [0.2, 0.25) is 0 Å². The molecule has 1 aromatic rings. The van der Waals surface area contributed by atoms with Gasteiger partial charge < -0.3 is 9.30 Å². The summed E-state index contributed by atoms with van der Waals surface area (Å²) in [6.45, 7) is 5.69. The van der Waals surface area contributed by atoms with Crippen molar-refractivity contribution in [3.8, 4) is 5.75 Å². The Hall–Kier alpha value is -1.25. The molecule has 0 amide bonds. The molecular weight excluding hydrogens is 202 g/mol. The predicted molar refractivity (Wildman–Crippen MR) is 66.0 cm³/mol. The van der Waals surface area contributed by atoms with E-state index < -0.39 is 0 Å². The van der Waals surface area contributed by atoms with E-state index in [1.807, 2.05) is 6.07 Å². The molecule has 0 radical (unpaired) electrons. The zero-order valence-corrected chi connectivity index (χ0v) is 10.2. The molecule has 0 atom stereocenters. The molecule has 1 aromatic heterocycles. The van der Waals surface area contributed by atoms with Gasteiger partial charge in [-0.3, -0.25) is 4.79 Å². The Balaban J connectivity index is 2.49. The van der Waals surface area contributed by atoms with E-state index in [9.17, 15) is 4.79 Å². The van der Waals surface area contributed by atoms with Crippen LogP contribution >= 0.6 is 0 Å². The predicted octanol–water partition coefficient (Wildman–Crippen LogP) is 2.83. The summed E-state index contributed by atoms with van der Waals surface area (Å²) >= 11 is 0. The number of ether oxygens (including phenoxy) is 1. The lowest BCUT2D eigenvalue weighted by Gasteiger charge is -2.07. The fourth-order valence-corrected chi connectivity index (χ4v) is 1.55. The molecule has 0 N–H and O–H groups in total. The van der Waals surface area contributed by atoms with Gasteiger partial charge in [0, 0.05) is 18.8 Å². The van der Waals surface area contributed by atoms with Crippen LogP contribution in [0.5, 0.6) is 5.75 Å². The number of pyridine rings is 1. The average Bonchev–Trinajstić information content (AvgIpc) is 2.28. The minimum Gasteiger partial charge on any atom is -0.493 e. The second kappa shape index (κ2) is 7.09. The van der Waals surface area contributed by atoms with Crippen molar-refractivity contribution in [1.82, 2.24) is 4.57 Å². The van der Waals surface area contributed by atoms with Crippen molar-refractivity contribution < 1.29 is 4.74 Å². The Kier molecular flexibility index (Phi) is 5.68. The maximum atomic E-state index is 11.6. The monoisotopic (exact) mass is 223 g/mol. The second-order valence-electron chi connectivity index (χ2n) is 3.95. The number of unbranched alkanes of at least 4 members (excludes halogenated alkanes) is 2. The van der Waals surface area contributed by atoms with Crippen LogP contribution in [0.2, 0.25) is 0 Å². The zero-order chi connectivity index (χ0) is 11.8. The molecule has 1 rings (SSSR count). The van der Waals surface area contributed by atoms with E-state index in [0.29, 0.717) is 12.4 Å². The van der Waals surface area contributed by atoms with Crippen LogP contribution in [0.15, 0.2) is 23.1 Å². The van der Waals surface area contributed by atoms with Gasteiger partial charge in [-0.15, -0.1) is 0 Å². The van der Waals surface area contributed by atoms with Crippen molar-refractivity contribution in [2.24, 2.45) is 0 Å². The summed E-state index contributed by atoms with van der Waals surface area (Å²) in [5.74, 6) is 0.688. The van der Waals surface area contributed by atoms with E-state index in [0.717, 1.165) is 19.4 Å². The highest BCUT2D eigenvalue weighted by atomic mass is 16.5. The summed E-state index contributed by atoms with van der Waals surface area (Å²) < 4.78 is 7.22. The molecule has 0 aliphatic carbocycles. The van der Waals surface area contributed by atoms with Crippen LogP contribution in [-0.4, -0.2) is 11.2 Å². The van der Waals surface area contributed by atoms with Crippen LogP contribution in [0, 0.1) is 0 Å². The van der Waals surface area contributed by atoms with Gasteiger partial charge in [-0.05, 0) is 18.9 Å². The SMILES string of the molecule is CCCCCOc1ccn(CCC)c(=O)c1. The molecule has 90 valence electrons. The third-order valence-electron chi connectivity index (χ3n) is 2.45. The fourth-order valence-electron chi connectivity index (χ4n) is 1.55. The molecule has 16 heavy (non-hydrogen) atoms. The first-order valence-corrected chi connectivity index (χ1v) is 6.11. The summed E-state index contributed by atoms with van der Waals surface area (Å²) in [4.78, 5) is 11.6. The van der Waals surface area contributed by atoms with Crippen molar-refractivity contribution in [2.45, 2.75) is 46.1 Å². The first kappa shape index (κ1) is 12.8. The number of hydrogen-bond acceptors (Lipinski definition) is 2. The molecule has 0 aromatic carbocycles. The van der Waals surface area contributed by atoms with E-state index in [-0.39, 0.29) is 5.56 Å². The average molecular weight is 223 g/mol. The van der Waals surface area contributed by atoms with Crippen molar-refractivity contribution in [1.29, 1.82) is 0 Å². The molecule has 0 spiro atoms. The van der Waals surface area contributed by atoms with E-state index in [2.05, 4.69) is 13.8 Å². The maximum absolute atomic E-state index is 11.6. The number of nitrogens with zero attached hydrogens (tertiary/aromatic N) is 1. The molecule has 0 aliphatic heterocycles. The number of aromatic nitrogens is 1. The zero-order valence-electron chi connectivity index (χ0n) is 10.2. The fraction of sp³-hybridized carbons (Fsp3) is 0.615. The van der Waals surface area contributed by atoms with Gasteiger partial charge in [0.05, 0.1) is 6.61 Å². The third kappa shape index (κ3) is 4.09. The van der Waals surface area contributed by atoms with Crippen LogP contribution in [0.4, 0.5) is 0 Å². The van der Waals surface area contributed by atoms with Gasteiger partial charge in [0.1, 0.15) is 5.75 Å². The molecule has 0 fully saturated rings. The lowest BCUT2D eigenvalue weighted by Crippen LogP contribution is -2.18. The molecule has 0 bridgehead atoms. The Morgan fingerprint density at radius 3 is 2.69 bits per heavy atom. The van der Waals surface area contributed by atoms with Gasteiger partial charge in [0.15, 0.2) is 0 Å². The molecule has 3 nitrogen and oxygen atoms in total. The van der Waals surface area contributed by atoms with Gasteiger partial charge in [0.25, 0.3) is 5.56 Å².